The molecule has 0 fully saturated rings. The summed E-state index contributed by atoms with van der Waals surface area (Å²) in [4.78, 5) is 32.8. The number of esters is 1. The molecule has 0 spiro atoms. The van der Waals surface area contributed by atoms with Gasteiger partial charge in [-0.1, -0.05) is 6.07 Å². The van der Waals surface area contributed by atoms with E-state index < -0.39 is 10.9 Å². The number of carbonyl (C=O) groups excluding carboxylic acids is 2. The van der Waals surface area contributed by atoms with Gasteiger partial charge in [0.25, 0.3) is 5.69 Å². The summed E-state index contributed by atoms with van der Waals surface area (Å²) in [6.45, 7) is 1.34. The Bertz CT molecular complexity index is 800. The normalized spacial score (nSPS) is 10.4. The van der Waals surface area contributed by atoms with Crippen LogP contribution in [0.5, 0.6) is 5.75 Å². The number of rotatable bonds is 5. The Balaban J connectivity index is 2.04. The molecule has 24 heavy (non-hydrogen) atoms. The van der Waals surface area contributed by atoms with Crippen LogP contribution >= 0.6 is 0 Å². The number of hydrazone groups is 1. The first-order valence-corrected chi connectivity index (χ1v) is 6.82. The predicted octanol–water partition coefficient (Wildman–Crippen LogP) is 2.28. The van der Waals surface area contributed by atoms with Crippen LogP contribution in [0, 0.1) is 10.1 Å². The van der Waals surface area contributed by atoms with E-state index in [9.17, 15) is 19.7 Å². The van der Waals surface area contributed by atoms with Crippen molar-refractivity contribution in [2.45, 2.75) is 6.92 Å². The highest BCUT2D eigenvalue weighted by Crippen LogP contribution is 2.17. The van der Waals surface area contributed by atoms with Gasteiger partial charge in [-0.15, -0.1) is 0 Å². The first-order valence-electron chi connectivity index (χ1n) is 6.82. The van der Waals surface area contributed by atoms with Gasteiger partial charge >= 0.3 is 5.97 Å². The Kier molecular flexibility index (Phi) is 5.35. The molecule has 0 aliphatic rings. The Morgan fingerprint density at radius 2 is 1.92 bits per heavy atom. The van der Waals surface area contributed by atoms with Crippen molar-refractivity contribution in [3.05, 3.63) is 69.8 Å². The molecular weight excluding hydrogens is 314 g/mol. The standard InChI is InChI=1S/C16H13N3O5/c1-11(20)18-17-10-12-5-7-15(8-6-12)24-16(21)13-3-2-4-14(9-13)19(22)23/h2-10H,1H3,(H,18,20)/b17-10-. The molecule has 1 amide bonds. The predicted molar refractivity (Wildman–Crippen MR) is 85.9 cm³/mol. The zero-order valence-corrected chi connectivity index (χ0v) is 12.6. The molecule has 2 rings (SSSR count). The molecule has 0 aromatic heterocycles. The summed E-state index contributed by atoms with van der Waals surface area (Å²) < 4.78 is 5.16. The molecule has 0 heterocycles. The van der Waals surface area contributed by atoms with Crippen LogP contribution in [0.1, 0.15) is 22.8 Å². The van der Waals surface area contributed by atoms with Crippen molar-refractivity contribution in [3.8, 4) is 5.75 Å². The van der Waals surface area contributed by atoms with E-state index >= 15 is 0 Å². The number of nitro groups is 1. The topological polar surface area (TPSA) is 111 Å². The van der Waals surface area contributed by atoms with Crippen LogP contribution in [-0.4, -0.2) is 23.0 Å². The van der Waals surface area contributed by atoms with Crippen LogP contribution in [-0.2, 0) is 4.79 Å². The van der Waals surface area contributed by atoms with Crippen LogP contribution in [0.25, 0.3) is 0 Å². The zero-order chi connectivity index (χ0) is 17.5. The Morgan fingerprint density at radius 3 is 2.54 bits per heavy atom. The van der Waals surface area contributed by atoms with Crippen LogP contribution < -0.4 is 10.2 Å². The fourth-order valence-electron chi connectivity index (χ4n) is 1.73. The summed E-state index contributed by atoms with van der Waals surface area (Å²) in [6, 6.07) is 11.7. The van der Waals surface area contributed by atoms with Crippen LogP contribution in [0.15, 0.2) is 53.6 Å². The monoisotopic (exact) mass is 327 g/mol. The summed E-state index contributed by atoms with van der Waals surface area (Å²) in [5.74, 6) is -0.699. The third kappa shape index (κ3) is 4.73. The van der Waals surface area contributed by atoms with Gasteiger partial charge in [0.2, 0.25) is 5.91 Å². The summed E-state index contributed by atoms with van der Waals surface area (Å²) in [7, 11) is 0. The van der Waals surface area contributed by atoms with Crippen molar-refractivity contribution in [1.29, 1.82) is 0 Å². The zero-order valence-electron chi connectivity index (χ0n) is 12.6. The second-order valence-corrected chi connectivity index (χ2v) is 4.69. The minimum atomic E-state index is -0.696. The summed E-state index contributed by atoms with van der Waals surface area (Å²) in [5, 5.41) is 14.4. The minimum Gasteiger partial charge on any atom is -0.423 e. The molecule has 1 N–H and O–H groups in total. The van der Waals surface area contributed by atoms with E-state index in [4.69, 9.17) is 4.74 Å². The molecule has 0 saturated carbocycles. The van der Waals surface area contributed by atoms with Crippen LogP contribution in [0.2, 0.25) is 0 Å². The van der Waals surface area contributed by atoms with Crippen molar-refractivity contribution in [1.82, 2.24) is 5.43 Å². The maximum absolute atomic E-state index is 12.0. The molecular formula is C16H13N3O5. The van der Waals surface area contributed by atoms with Gasteiger partial charge in [-0.25, -0.2) is 10.2 Å². The SMILES string of the molecule is CC(=O)N/N=C\c1ccc(OC(=O)c2cccc([N+](=O)[O-])c2)cc1. The molecule has 0 aliphatic heterocycles. The molecule has 0 radical (unpaired) electrons. The molecule has 2 aromatic carbocycles. The fourth-order valence-corrected chi connectivity index (χ4v) is 1.73. The number of hydrogen-bond donors (Lipinski definition) is 1. The van der Waals surface area contributed by atoms with Crippen LogP contribution in [0.3, 0.4) is 0 Å². The molecule has 0 saturated heterocycles. The lowest BCUT2D eigenvalue weighted by Gasteiger charge is -2.04. The van der Waals surface area contributed by atoms with Crippen molar-refractivity contribution in [3.63, 3.8) is 0 Å². The van der Waals surface area contributed by atoms with E-state index in [2.05, 4.69) is 10.5 Å². The lowest BCUT2D eigenvalue weighted by Crippen LogP contribution is -2.12. The lowest BCUT2D eigenvalue weighted by molar-refractivity contribution is -0.384. The van der Waals surface area contributed by atoms with Gasteiger partial charge in [-0.05, 0) is 35.9 Å². The highest BCUT2D eigenvalue weighted by molar-refractivity contribution is 5.91. The smallest absolute Gasteiger partial charge is 0.343 e. The van der Waals surface area contributed by atoms with E-state index in [0.717, 1.165) is 6.07 Å². The maximum Gasteiger partial charge on any atom is 0.343 e. The van der Waals surface area contributed by atoms with Gasteiger partial charge < -0.3 is 4.74 Å². The summed E-state index contributed by atoms with van der Waals surface area (Å²) >= 11 is 0. The number of non-ortho nitro benzene ring substituents is 1. The molecule has 0 bridgehead atoms. The average Bonchev–Trinajstić information content (AvgIpc) is 2.56. The molecule has 8 heteroatoms. The van der Waals surface area contributed by atoms with Gasteiger partial charge in [-0.3, -0.25) is 14.9 Å². The van der Waals surface area contributed by atoms with E-state index in [0.29, 0.717) is 5.56 Å². The molecule has 2 aromatic rings. The van der Waals surface area contributed by atoms with Gasteiger partial charge in [0.15, 0.2) is 0 Å². The van der Waals surface area contributed by atoms with Crippen LogP contribution in [0.4, 0.5) is 5.69 Å². The average molecular weight is 327 g/mol. The van der Waals surface area contributed by atoms with Gasteiger partial charge in [0, 0.05) is 19.1 Å². The number of carbonyl (C=O) groups is 2. The van der Waals surface area contributed by atoms with E-state index in [1.54, 1.807) is 24.3 Å². The number of nitro benzene ring substituents is 1. The molecule has 0 aliphatic carbocycles. The number of amides is 1. The quantitative estimate of drug-likeness (QED) is 0.298. The van der Waals surface area contributed by atoms with E-state index in [-0.39, 0.29) is 22.9 Å². The number of nitrogens with zero attached hydrogens (tertiary/aromatic N) is 2. The van der Waals surface area contributed by atoms with E-state index in [1.165, 1.54) is 31.3 Å². The highest BCUT2D eigenvalue weighted by atomic mass is 16.6. The molecule has 8 nitrogen and oxygen atoms in total. The van der Waals surface area contributed by atoms with Gasteiger partial charge in [-0.2, -0.15) is 5.10 Å². The van der Waals surface area contributed by atoms with Crippen molar-refractivity contribution >= 4 is 23.8 Å². The maximum atomic E-state index is 12.0. The van der Waals surface area contributed by atoms with Gasteiger partial charge in [0.1, 0.15) is 5.75 Å². The van der Waals surface area contributed by atoms with Crippen molar-refractivity contribution < 1.29 is 19.2 Å². The minimum absolute atomic E-state index is 0.0838. The first-order chi connectivity index (χ1) is 11.5. The third-order valence-electron chi connectivity index (χ3n) is 2.82. The van der Waals surface area contributed by atoms with Crippen molar-refractivity contribution in [2.24, 2.45) is 5.10 Å². The van der Waals surface area contributed by atoms with Gasteiger partial charge in [0.05, 0.1) is 16.7 Å². The lowest BCUT2D eigenvalue weighted by atomic mass is 10.2. The Hall–Kier alpha value is -3.55. The molecule has 0 unspecified atom stereocenters. The molecule has 122 valence electrons. The van der Waals surface area contributed by atoms with Crippen molar-refractivity contribution in [2.75, 3.05) is 0 Å². The first kappa shape index (κ1) is 16.8. The van der Waals surface area contributed by atoms with E-state index in [1.807, 2.05) is 0 Å². The summed E-state index contributed by atoms with van der Waals surface area (Å²) in [6.07, 6.45) is 1.44. The number of nitrogens with one attached hydrogen (secondary N) is 1. The largest absolute Gasteiger partial charge is 0.423 e. The summed E-state index contributed by atoms with van der Waals surface area (Å²) in [5.41, 5.74) is 2.86. The second kappa shape index (κ2) is 7.63. The Morgan fingerprint density at radius 1 is 1.21 bits per heavy atom. The highest BCUT2D eigenvalue weighted by Gasteiger charge is 2.13. The number of hydrogen-bond acceptors (Lipinski definition) is 6. The number of ether oxygens (including phenoxy) is 1. The Labute approximate surface area is 136 Å². The second-order valence-electron chi connectivity index (χ2n) is 4.69. The fraction of sp³-hybridized carbons (Fsp3) is 0.0625. The third-order valence-corrected chi connectivity index (χ3v) is 2.82. The number of benzene rings is 2. The molecule has 0 atom stereocenters.